The van der Waals surface area contributed by atoms with E-state index in [0.29, 0.717) is 4.47 Å². The lowest BCUT2D eigenvalue weighted by Gasteiger charge is -2.34. The van der Waals surface area contributed by atoms with Gasteiger partial charge in [-0.1, -0.05) is 0 Å². The molecule has 0 aliphatic carbocycles. The van der Waals surface area contributed by atoms with Crippen LogP contribution in [0.15, 0.2) is 45.9 Å². The van der Waals surface area contributed by atoms with Gasteiger partial charge in [-0.2, -0.15) is 4.31 Å². The van der Waals surface area contributed by atoms with E-state index in [1.54, 1.807) is 12.3 Å². The number of halogens is 1. The second-order valence-corrected chi connectivity index (χ2v) is 9.60. The standard InChI is InChI=1S/C18H21BrN4O5S/c1-11-9-23(10-12(2)28-11)29(26,27)15-5-3-13(4-6-15)17(24)21-22-18(25)16-7-14(19)8-20-16/h3-8,11-12,20H,9-10H2,1-2H3,(H,21,24)(H,22,25). The predicted molar refractivity (Wildman–Crippen MR) is 109 cm³/mol. The van der Waals surface area contributed by atoms with Crippen LogP contribution in [0.3, 0.4) is 0 Å². The highest BCUT2D eigenvalue weighted by Crippen LogP contribution is 2.21. The van der Waals surface area contributed by atoms with Crippen molar-refractivity contribution < 1.29 is 22.7 Å². The van der Waals surface area contributed by atoms with E-state index >= 15 is 0 Å². The van der Waals surface area contributed by atoms with Gasteiger partial charge in [-0.15, -0.1) is 0 Å². The molecule has 0 saturated carbocycles. The number of carbonyl (C=O) groups excluding carboxylic acids is 2. The number of hydrogen-bond donors (Lipinski definition) is 3. The van der Waals surface area contributed by atoms with Crippen molar-refractivity contribution in [2.24, 2.45) is 0 Å². The molecule has 2 heterocycles. The zero-order chi connectivity index (χ0) is 21.2. The summed E-state index contributed by atoms with van der Waals surface area (Å²) in [6, 6.07) is 7.10. The number of ether oxygens (including phenoxy) is 1. The van der Waals surface area contributed by atoms with Crippen LogP contribution in [0.4, 0.5) is 0 Å². The number of carbonyl (C=O) groups is 2. The third-order valence-electron chi connectivity index (χ3n) is 4.32. The summed E-state index contributed by atoms with van der Waals surface area (Å²) in [6.07, 6.45) is 1.20. The minimum absolute atomic E-state index is 0.0932. The van der Waals surface area contributed by atoms with Gasteiger partial charge in [0.15, 0.2) is 0 Å². The van der Waals surface area contributed by atoms with E-state index in [2.05, 4.69) is 31.8 Å². The molecule has 3 rings (SSSR count). The van der Waals surface area contributed by atoms with Crippen LogP contribution < -0.4 is 10.9 Å². The smallest absolute Gasteiger partial charge is 0.286 e. The molecule has 1 aliphatic heterocycles. The molecule has 2 unspecified atom stereocenters. The van der Waals surface area contributed by atoms with Crippen LogP contribution in [0.1, 0.15) is 34.7 Å². The Kier molecular flexibility index (Phi) is 6.42. The maximum atomic E-state index is 12.8. The highest BCUT2D eigenvalue weighted by Gasteiger charge is 2.32. The predicted octanol–water partition coefficient (Wildman–Crippen LogP) is 1.65. The topological polar surface area (TPSA) is 121 Å². The lowest BCUT2D eigenvalue weighted by molar-refractivity contribution is -0.0440. The van der Waals surface area contributed by atoms with Crippen LogP contribution in [-0.2, 0) is 14.8 Å². The van der Waals surface area contributed by atoms with Crippen LogP contribution >= 0.6 is 15.9 Å². The molecule has 2 amide bonds. The first-order valence-corrected chi connectivity index (χ1v) is 11.1. The molecule has 2 atom stereocenters. The zero-order valence-electron chi connectivity index (χ0n) is 15.8. The Bertz CT molecular complexity index is 996. The van der Waals surface area contributed by atoms with Gasteiger partial charge in [-0.05, 0) is 60.1 Å². The van der Waals surface area contributed by atoms with Crippen LogP contribution in [0.5, 0.6) is 0 Å². The van der Waals surface area contributed by atoms with Gasteiger partial charge in [0.1, 0.15) is 5.69 Å². The van der Waals surface area contributed by atoms with E-state index in [0.717, 1.165) is 0 Å². The molecule has 29 heavy (non-hydrogen) atoms. The number of rotatable bonds is 4. The van der Waals surface area contributed by atoms with Crippen LogP contribution in [0.25, 0.3) is 0 Å². The molecule has 0 bridgehead atoms. The molecule has 1 aromatic carbocycles. The molecule has 1 fully saturated rings. The number of amides is 2. The van der Waals surface area contributed by atoms with Crippen molar-refractivity contribution in [2.75, 3.05) is 13.1 Å². The highest BCUT2D eigenvalue weighted by atomic mass is 79.9. The van der Waals surface area contributed by atoms with Gasteiger partial charge < -0.3 is 9.72 Å². The van der Waals surface area contributed by atoms with Crippen molar-refractivity contribution in [3.8, 4) is 0 Å². The fourth-order valence-electron chi connectivity index (χ4n) is 3.01. The SMILES string of the molecule is CC1CN(S(=O)(=O)c2ccc(C(=O)NNC(=O)c3cc(Br)c[nH]3)cc2)CC(C)O1. The first-order chi connectivity index (χ1) is 13.7. The van der Waals surface area contributed by atoms with E-state index in [9.17, 15) is 18.0 Å². The molecule has 1 aliphatic rings. The summed E-state index contributed by atoms with van der Waals surface area (Å²) in [5.74, 6) is -1.08. The highest BCUT2D eigenvalue weighted by molar-refractivity contribution is 9.10. The number of aromatic amines is 1. The second-order valence-electron chi connectivity index (χ2n) is 6.74. The number of hydrogen-bond acceptors (Lipinski definition) is 5. The summed E-state index contributed by atoms with van der Waals surface area (Å²) < 4.78 is 33.3. The summed E-state index contributed by atoms with van der Waals surface area (Å²) in [6.45, 7) is 4.20. The monoisotopic (exact) mass is 484 g/mol. The molecule has 3 N–H and O–H groups in total. The number of morpholine rings is 1. The molecule has 2 aromatic rings. The van der Waals surface area contributed by atoms with Crippen molar-refractivity contribution in [1.82, 2.24) is 20.1 Å². The average Bonchev–Trinajstić information content (AvgIpc) is 3.11. The minimum Gasteiger partial charge on any atom is -0.373 e. The molecule has 11 heteroatoms. The molecular weight excluding hydrogens is 464 g/mol. The number of aromatic nitrogens is 1. The third kappa shape index (κ3) is 5.04. The van der Waals surface area contributed by atoms with E-state index < -0.39 is 21.8 Å². The van der Waals surface area contributed by atoms with Gasteiger partial charge >= 0.3 is 0 Å². The quantitative estimate of drug-likeness (QED) is 0.569. The molecule has 9 nitrogen and oxygen atoms in total. The number of sulfonamides is 1. The van der Waals surface area contributed by atoms with E-state index in [4.69, 9.17) is 4.74 Å². The molecule has 0 spiro atoms. The lowest BCUT2D eigenvalue weighted by atomic mass is 10.2. The van der Waals surface area contributed by atoms with Gasteiger partial charge in [-0.3, -0.25) is 20.4 Å². The Labute approximate surface area is 177 Å². The zero-order valence-corrected chi connectivity index (χ0v) is 18.2. The Hall–Kier alpha value is -2.21. The van der Waals surface area contributed by atoms with E-state index in [1.807, 2.05) is 13.8 Å². The summed E-state index contributed by atoms with van der Waals surface area (Å²) >= 11 is 3.22. The summed E-state index contributed by atoms with van der Waals surface area (Å²) in [4.78, 5) is 27.0. The van der Waals surface area contributed by atoms with Crippen LogP contribution in [0, 0.1) is 0 Å². The number of H-pyrrole nitrogens is 1. The lowest BCUT2D eigenvalue weighted by Crippen LogP contribution is -2.48. The van der Waals surface area contributed by atoms with Crippen molar-refractivity contribution in [3.63, 3.8) is 0 Å². The molecule has 1 aromatic heterocycles. The number of benzene rings is 1. The average molecular weight is 485 g/mol. The maximum Gasteiger partial charge on any atom is 0.286 e. The Balaban J connectivity index is 1.64. The first-order valence-electron chi connectivity index (χ1n) is 8.87. The van der Waals surface area contributed by atoms with Crippen molar-refractivity contribution in [2.45, 2.75) is 31.0 Å². The normalized spacial score (nSPS) is 20.2. The summed E-state index contributed by atoms with van der Waals surface area (Å²) in [5.41, 5.74) is 5.06. The molecule has 0 radical (unpaired) electrons. The number of nitrogens with one attached hydrogen (secondary N) is 3. The summed E-state index contributed by atoms with van der Waals surface area (Å²) in [7, 11) is -3.69. The minimum atomic E-state index is -3.69. The molecular formula is C18H21BrN4O5S. The van der Waals surface area contributed by atoms with E-state index in [1.165, 1.54) is 28.6 Å². The largest absolute Gasteiger partial charge is 0.373 e. The fourth-order valence-corrected chi connectivity index (χ4v) is 4.94. The van der Waals surface area contributed by atoms with Gasteiger partial charge in [0, 0.05) is 29.3 Å². The fraction of sp³-hybridized carbons (Fsp3) is 0.333. The van der Waals surface area contributed by atoms with Crippen molar-refractivity contribution in [1.29, 1.82) is 0 Å². The second kappa shape index (κ2) is 8.66. The summed E-state index contributed by atoms with van der Waals surface area (Å²) in [5, 5.41) is 0. The maximum absolute atomic E-state index is 12.8. The van der Waals surface area contributed by atoms with Gasteiger partial charge in [-0.25, -0.2) is 8.42 Å². The number of hydrazine groups is 1. The van der Waals surface area contributed by atoms with E-state index in [-0.39, 0.29) is 41.5 Å². The number of nitrogens with zero attached hydrogens (tertiary/aromatic N) is 1. The Morgan fingerprint density at radius 2 is 1.69 bits per heavy atom. The van der Waals surface area contributed by atoms with Crippen molar-refractivity contribution >= 4 is 37.8 Å². The van der Waals surface area contributed by atoms with Crippen molar-refractivity contribution in [3.05, 3.63) is 52.3 Å². The molecule has 156 valence electrons. The van der Waals surface area contributed by atoms with Gasteiger partial charge in [0.2, 0.25) is 10.0 Å². The Morgan fingerprint density at radius 1 is 1.10 bits per heavy atom. The van der Waals surface area contributed by atoms with Gasteiger partial charge in [0.05, 0.1) is 17.1 Å². The third-order valence-corrected chi connectivity index (χ3v) is 6.63. The Morgan fingerprint density at radius 3 is 2.24 bits per heavy atom. The van der Waals surface area contributed by atoms with Crippen LogP contribution in [0.2, 0.25) is 0 Å². The first kappa shape index (κ1) is 21.5. The van der Waals surface area contributed by atoms with Gasteiger partial charge in [0.25, 0.3) is 11.8 Å². The molecule has 1 saturated heterocycles. The van der Waals surface area contributed by atoms with Crippen LogP contribution in [-0.4, -0.2) is 54.8 Å².